The number of rotatable bonds is 7. The van der Waals surface area contributed by atoms with Crippen LogP contribution in [0.3, 0.4) is 0 Å². The molecule has 1 atom stereocenters. The van der Waals surface area contributed by atoms with Crippen molar-refractivity contribution in [1.29, 1.82) is 0 Å². The molecule has 0 saturated heterocycles. The first-order valence-corrected chi connectivity index (χ1v) is 8.76. The van der Waals surface area contributed by atoms with Crippen LogP contribution in [-0.4, -0.2) is 12.6 Å². The van der Waals surface area contributed by atoms with Gasteiger partial charge in [0.1, 0.15) is 0 Å². The third-order valence-electron chi connectivity index (χ3n) is 3.74. The maximum atomic E-state index is 3.59. The van der Waals surface area contributed by atoms with E-state index >= 15 is 0 Å². The highest BCUT2D eigenvalue weighted by Crippen LogP contribution is 2.21. The molecule has 0 bridgehead atoms. The summed E-state index contributed by atoms with van der Waals surface area (Å²) in [6, 6.07) is 20.3. The highest BCUT2D eigenvalue weighted by molar-refractivity contribution is 14.1. The molecule has 0 aromatic heterocycles. The Morgan fingerprint density at radius 2 is 1.62 bits per heavy atom. The van der Waals surface area contributed by atoms with Gasteiger partial charge in [-0.25, -0.2) is 0 Å². The van der Waals surface area contributed by atoms with Crippen LogP contribution in [0.2, 0.25) is 0 Å². The molecule has 0 aliphatic carbocycles. The van der Waals surface area contributed by atoms with Crippen LogP contribution in [0.5, 0.6) is 0 Å². The lowest BCUT2D eigenvalue weighted by Gasteiger charge is -2.20. The standard InChI is InChI=1S/C19H24IN/c1-15(2)21-14-18(17-6-4-3-5-7-17)11-8-16-9-12-19(20)13-10-16/h3-7,9-10,12-13,15,18,21H,8,11,14H2,1-2H3. The number of halogens is 1. The molecular weight excluding hydrogens is 369 g/mol. The Balaban J connectivity index is 2.00. The van der Waals surface area contributed by atoms with E-state index in [-0.39, 0.29) is 0 Å². The Hall–Kier alpha value is -0.870. The van der Waals surface area contributed by atoms with Crippen molar-refractivity contribution in [3.8, 4) is 0 Å². The fourth-order valence-electron chi connectivity index (χ4n) is 2.48. The zero-order chi connectivity index (χ0) is 15.1. The van der Waals surface area contributed by atoms with Gasteiger partial charge < -0.3 is 5.32 Å². The lowest BCUT2D eigenvalue weighted by molar-refractivity contribution is 0.508. The normalized spacial score (nSPS) is 12.6. The second kappa shape index (κ2) is 8.54. The summed E-state index contributed by atoms with van der Waals surface area (Å²) in [4.78, 5) is 0. The van der Waals surface area contributed by atoms with Crippen LogP contribution in [-0.2, 0) is 6.42 Å². The molecule has 0 spiro atoms. The number of aryl methyl sites for hydroxylation is 1. The van der Waals surface area contributed by atoms with Crippen LogP contribution in [0, 0.1) is 3.57 Å². The van der Waals surface area contributed by atoms with Gasteiger partial charge in [-0.2, -0.15) is 0 Å². The van der Waals surface area contributed by atoms with Crippen molar-refractivity contribution in [2.45, 2.75) is 38.6 Å². The predicted octanol–water partition coefficient (Wildman–Crippen LogP) is 5.01. The smallest absolute Gasteiger partial charge is 0.0130 e. The van der Waals surface area contributed by atoms with Gasteiger partial charge in [0.15, 0.2) is 0 Å². The minimum absolute atomic E-state index is 0.537. The summed E-state index contributed by atoms with van der Waals surface area (Å²) >= 11 is 2.36. The van der Waals surface area contributed by atoms with Gasteiger partial charge in [-0.1, -0.05) is 56.3 Å². The average Bonchev–Trinajstić information content (AvgIpc) is 2.50. The Kier molecular flexibility index (Phi) is 6.71. The van der Waals surface area contributed by atoms with Crippen LogP contribution < -0.4 is 5.32 Å². The quantitative estimate of drug-likeness (QED) is 0.653. The summed E-state index contributed by atoms with van der Waals surface area (Å²) < 4.78 is 1.30. The zero-order valence-electron chi connectivity index (χ0n) is 12.9. The maximum absolute atomic E-state index is 3.59. The van der Waals surface area contributed by atoms with E-state index in [9.17, 15) is 0 Å². The molecule has 0 aliphatic heterocycles. The van der Waals surface area contributed by atoms with Crippen molar-refractivity contribution in [2.24, 2.45) is 0 Å². The van der Waals surface area contributed by atoms with Crippen molar-refractivity contribution in [1.82, 2.24) is 5.32 Å². The summed E-state index contributed by atoms with van der Waals surface area (Å²) in [5.41, 5.74) is 2.87. The fraction of sp³-hybridized carbons (Fsp3) is 0.368. The SMILES string of the molecule is CC(C)NCC(CCc1ccc(I)cc1)c1ccccc1. The molecule has 1 unspecified atom stereocenters. The van der Waals surface area contributed by atoms with E-state index < -0.39 is 0 Å². The van der Waals surface area contributed by atoms with E-state index in [0.717, 1.165) is 13.0 Å². The maximum Gasteiger partial charge on any atom is 0.0130 e. The van der Waals surface area contributed by atoms with Crippen LogP contribution in [0.25, 0.3) is 0 Å². The van der Waals surface area contributed by atoms with Crippen LogP contribution in [0.4, 0.5) is 0 Å². The van der Waals surface area contributed by atoms with Crippen LogP contribution in [0.1, 0.15) is 37.3 Å². The summed E-state index contributed by atoms with van der Waals surface area (Å²) in [6.07, 6.45) is 2.32. The van der Waals surface area contributed by atoms with E-state index in [2.05, 4.69) is 96.4 Å². The second-order valence-corrected chi connectivity index (χ2v) is 7.08. The van der Waals surface area contributed by atoms with Gasteiger partial charge in [-0.05, 0) is 64.6 Å². The molecule has 0 heterocycles. The minimum Gasteiger partial charge on any atom is -0.314 e. The van der Waals surface area contributed by atoms with Crippen molar-refractivity contribution >= 4 is 22.6 Å². The summed E-state index contributed by atoms with van der Waals surface area (Å²) in [5, 5.41) is 3.59. The molecule has 2 rings (SSSR count). The molecule has 2 aromatic rings. The number of hydrogen-bond acceptors (Lipinski definition) is 1. The largest absolute Gasteiger partial charge is 0.314 e. The van der Waals surface area contributed by atoms with Gasteiger partial charge in [-0.3, -0.25) is 0 Å². The molecular formula is C19H24IN. The third kappa shape index (κ3) is 5.79. The summed E-state index contributed by atoms with van der Waals surface area (Å²) in [5.74, 6) is 0.577. The summed E-state index contributed by atoms with van der Waals surface area (Å²) in [6.45, 7) is 5.47. The molecule has 2 aromatic carbocycles. The van der Waals surface area contributed by atoms with Crippen molar-refractivity contribution in [3.63, 3.8) is 0 Å². The Morgan fingerprint density at radius 3 is 2.24 bits per heavy atom. The minimum atomic E-state index is 0.537. The molecule has 0 amide bonds. The van der Waals surface area contributed by atoms with E-state index in [1.54, 1.807) is 0 Å². The molecule has 0 saturated carbocycles. The van der Waals surface area contributed by atoms with E-state index in [0.29, 0.717) is 12.0 Å². The van der Waals surface area contributed by atoms with Gasteiger partial charge in [0.25, 0.3) is 0 Å². The highest BCUT2D eigenvalue weighted by Gasteiger charge is 2.12. The Morgan fingerprint density at radius 1 is 0.952 bits per heavy atom. The topological polar surface area (TPSA) is 12.0 Å². The van der Waals surface area contributed by atoms with Gasteiger partial charge in [-0.15, -0.1) is 0 Å². The van der Waals surface area contributed by atoms with Gasteiger partial charge in [0.05, 0.1) is 0 Å². The van der Waals surface area contributed by atoms with Gasteiger partial charge in [0.2, 0.25) is 0 Å². The molecule has 1 N–H and O–H groups in total. The fourth-order valence-corrected chi connectivity index (χ4v) is 2.84. The van der Waals surface area contributed by atoms with Gasteiger partial charge >= 0.3 is 0 Å². The number of hydrogen-bond donors (Lipinski definition) is 1. The molecule has 0 radical (unpaired) electrons. The van der Waals surface area contributed by atoms with Crippen molar-refractivity contribution in [2.75, 3.05) is 6.54 Å². The summed E-state index contributed by atoms with van der Waals surface area (Å²) in [7, 11) is 0. The van der Waals surface area contributed by atoms with E-state index in [1.165, 1.54) is 21.1 Å². The van der Waals surface area contributed by atoms with Crippen LogP contribution in [0.15, 0.2) is 54.6 Å². The highest BCUT2D eigenvalue weighted by atomic mass is 127. The second-order valence-electron chi connectivity index (χ2n) is 5.84. The number of nitrogens with one attached hydrogen (secondary N) is 1. The van der Waals surface area contributed by atoms with Gasteiger partial charge in [0, 0.05) is 16.2 Å². The van der Waals surface area contributed by atoms with Crippen molar-refractivity contribution < 1.29 is 0 Å². The third-order valence-corrected chi connectivity index (χ3v) is 4.46. The molecule has 0 fully saturated rings. The van der Waals surface area contributed by atoms with E-state index in [4.69, 9.17) is 0 Å². The average molecular weight is 393 g/mol. The first-order chi connectivity index (χ1) is 10.1. The first-order valence-electron chi connectivity index (χ1n) is 7.68. The van der Waals surface area contributed by atoms with Crippen molar-refractivity contribution in [3.05, 3.63) is 69.3 Å². The van der Waals surface area contributed by atoms with Crippen LogP contribution >= 0.6 is 22.6 Å². The molecule has 2 heteroatoms. The Labute approximate surface area is 142 Å². The first kappa shape index (κ1) is 16.5. The monoisotopic (exact) mass is 393 g/mol. The van der Waals surface area contributed by atoms with E-state index in [1.807, 2.05) is 0 Å². The molecule has 21 heavy (non-hydrogen) atoms. The molecule has 1 nitrogen and oxygen atoms in total. The molecule has 112 valence electrons. The lowest BCUT2D eigenvalue weighted by Crippen LogP contribution is -2.28. The zero-order valence-corrected chi connectivity index (χ0v) is 15.0. The molecule has 0 aliphatic rings. The number of benzene rings is 2. The lowest BCUT2D eigenvalue weighted by atomic mass is 9.92. The Bertz CT molecular complexity index is 519. The predicted molar refractivity (Wildman–Crippen MR) is 99.8 cm³/mol.